The Bertz CT molecular complexity index is 675. The Kier molecular flexibility index (Phi) is 4.63. The molecule has 0 fully saturated rings. The molecule has 1 atom stereocenters. The molecule has 0 saturated heterocycles. The fourth-order valence-corrected chi connectivity index (χ4v) is 2.45. The lowest BCUT2D eigenvalue weighted by Crippen LogP contribution is -2.30. The fourth-order valence-electron chi connectivity index (χ4n) is 2.08. The van der Waals surface area contributed by atoms with Crippen LogP contribution >= 0.6 is 15.9 Å². The van der Waals surface area contributed by atoms with Crippen LogP contribution in [0.4, 0.5) is 4.39 Å². The van der Waals surface area contributed by atoms with Crippen molar-refractivity contribution in [1.82, 2.24) is 4.90 Å². The Labute approximate surface area is 131 Å². The summed E-state index contributed by atoms with van der Waals surface area (Å²) in [5.74, 6) is -0.914. The monoisotopic (exact) mass is 351 g/mol. The van der Waals surface area contributed by atoms with Crippen LogP contribution in [0.15, 0.2) is 46.9 Å². The molecule has 110 valence electrons. The van der Waals surface area contributed by atoms with E-state index < -0.39 is 11.7 Å². The van der Waals surface area contributed by atoms with E-state index in [-0.39, 0.29) is 21.8 Å². The first-order chi connectivity index (χ1) is 9.93. The van der Waals surface area contributed by atoms with Crippen molar-refractivity contribution in [2.24, 2.45) is 0 Å². The summed E-state index contributed by atoms with van der Waals surface area (Å²) in [6, 6.07) is 11.0. The Morgan fingerprint density at radius 3 is 2.57 bits per heavy atom. The SMILES string of the molecule is CC(c1ccccc1O)N(C)C(=O)c1cccc(Br)c1F. The molecular weight excluding hydrogens is 337 g/mol. The summed E-state index contributed by atoms with van der Waals surface area (Å²) in [4.78, 5) is 13.8. The average Bonchev–Trinajstić information content (AvgIpc) is 2.48. The predicted octanol–water partition coefficient (Wildman–Crippen LogP) is 4.13. The number of nitrogens with zero attached hydrogens (tertiary/aromatic N) is 1. The molecule has 0 bridgehead atoms. The topological polar surface area (TPSA) is 40.5 Å². The minimum absolute atomic E-state index is 0.00542. The summed E-state index contributed by atoms with van der Waals surface area (Å²) in [6.45, 7) is 1.78. The van der Waals surface area contributed by atoms with Crippen molar-refractivity contribution >= 4 is 21.8 Å². The van der Waals surface area contributed by atoms with Gasteiger partial charge in [0, 0.05) is 12.6 Å². The molecule has 0 spiro atoms. The van der Waals surface area contributed by atoms with Crippen LogP contribution < -0.4 is 0 Å². The van der Waals surface area contributed by atoms with E-state index >= 15 is 0 Å². The van der Waals surface area contributed by atoms with Gasteiger partial charge >= 0.3 is 0 Å². The summed E-state index contributed by atoms with van der Waals surface area (Å²) in [5, 5.41) is 9.86. The molecule has 5 heteroatoms. The zero-order valence-corrected chi connectivity index (χ0v) is 13.3. The van der Waals surface area contributed by atoms with E-state index in [1.807, 2.05) is 0 Å². The molecule has 0 saturated carbocycles. The van der Waals surface area contributed by atoms with Crippen LogP contribution in [0.3, 0.4) is 0 Å². The van der Waals surface area contributed by atoms with Crippen molar-refractivity contribution in [3.8, 4) is 5.75 Å². The smallest absolute Gasteiger partial charge is 0.257 e. The van der Waals surface area contributed by atoms with Gasteiger partial charge in [-0.25, -0.2) is 4.39 Å². The van der Waals surface area contributed by atoms with Gasteiger partial charge < -0.3 is 10.0 Å². The summed E-state index contributed by atoms with van der Waals surface area (Å²) >= 11 is 3.07. The maximum Gasteiger partial charge on any atom is 0.257 e. The molecule has 21 heavy (non-hydrogen) atoms. The normalized spacial score (nSPS) is 12.0. The van der Waals surface area contributed by atoms with Gasteiger partial charge in [-0.15, -0.1) is 0 Å². The fraction of sp³-hybridized carbons (Fsp3) is 0.188. The number of phenols is 1. The third-order valence-electron chi connectivity index (χ3n) is 3.47. The highest BCUT2D eigenvalue weighted by atomic mass is 79.9. The molecule has 2 rings (SSSR count). The van der Waals surface area contributed by atoms with Crippen molar-refractivity contribution in [3.63, 3.8) is 0 Å². The molecule has 2 aromatic rings. The standard InChI is InChI=1S/C16H15BrFNO2/c1-10(11-6-3-4-9-14(11)20)19(2)16(21)12-7-5-8-13(17)15(12)18/h3-10,20H,1-2H3. The maximum atomic E-state index is 14.0. The first-order valence-corrected chi connectivity index (χ1v) is 7.22. The van der Waals surface area contributed by atoms with E-state index in [1.54, 1.807) is 50.4 Å². The molecule has 1 N–H and O–H groups in total. The Hall–Kier alpha value is -1.88. The minimum Gasteiger partial charge on any atom is -0.508 e. The van der Waals surface area contributed by atoms with Crippen molar-refractivity contribution in [1.29, 1.82) is 0 Å². The van der Waals surface area contributed by atoms with E-state index in [0.29, 0.717) is 5.56 Å². The first kappa shape index (κ1) is 15.5. The van der Waals surface area contributed by atoms with Gasteiger partial charge in [0.2, 0.25) is 0 Å². The molecule has 3 nitrogen and oxygen atoms in total. The van der Waals surface area contributed by atoms with Gasteiger partial charge in [-0.3, -0.25) is 4.79 Å². The third kappa shape index (κ3) is 3.08. The van der Waals surface area contributed by atoms with Gasteiger partial charge in [-0.2, -0.15) is 0 Å². The van der Waals surface area contributed by atoms with Crippen LogP contribution in [-0.4, -0.2) is 23.0 Å². The number of hydrogen-bond donors (Lipinski definition) is 1. The van der Waals surface area contributed by atoms with Crippen molar-refractivity contribution in [3.05, 3.63) is 63.9 Å². The average molecular weight is 352 g/mol. The number of rotatable bonds is 3. The molecule has 0 radical (unpaired) electrons. The van der Waals surface area contributed by atoms with E-state index in [1.165, 1.54) is 11.0 Å². The number of benzene rings is 2. The largest absolute Gasteiger partial charge is 0.508 e. The molecule has 0 aliphatic rings. The first-order valence-electron chi connectivity index (χ1n) is 6.42. The second-order valence-corrected chi connectivity index (χ2v) is 5.61. The summed E-state index contributed by atoms with van der Waals surface area (Å²) < 4.78 is 14.3. The number of hydrogen-bond acceptors (Lipinski definition) is 2. The highest BCUT2D eigenvalue weighted by Crippen LogP contribution is 2.29. The Morgan fingerprint density at radius 1 is 1.24 bits per heavy atom. The molecule has 1 unspecified atom stereocenters. The number of carbonyl (C=O) groups is 1. The van der Waals surface area contributed by atoms with Gasteiger partial charge in [0.15, 0.2) is 0 Å². The van der Waals surface area contributed by atoms with E-state index in [4.69, 9.17) is 0 Å². The summed E-state index contributed by atoms with van der Waals surface area (Å²) in [5.41, 5.74) is 0.609. The maximum absolute atomic E-state index is 14.0. The van der Waals surface area contributed by atoms with E-state index in [2.05, 4.69) is 15.9 Å². The van der Waals surface area contributed by atoms with Crippen LogP contribution in [-0.2, 0) is 0 Å². The summed E-state index contributed by atoms with van der Waals surface area (Å²) in [6.07, 6.45) is 0. The second kappa shape index (κ2) is 6.26. The van der Waals surface area contributed by atoms with Gasteiger partial charge in [-0.05, 0) is 41.1 Å². The Morgan fingerprint density at radius 2 is 1.90 bits per heavy atom. The van der Waals surface area contributed by atoms with Gasteiger partial charge in [0.25, 0.3) is 5.91 Å². The van der Waals surface area contributed by atoms with Gasteiger partial charge in [0.1, 0.15) is 11.6 Å². The molecule has 2 aromatic carbocycles. The molecule has 0 heterocycles. The Balaban J connectivity index is 2.31. The van der Waals surface area contributed by atoms with E-state index in [9.17, 15) is 14.3 Å². The minimum atomic E-state index is -0.584. The zero-order chi connectivity index (χ0) is 15.6. The summed E-state index contributed by atoms with van der Waals surface area (Å²) in [7, 11) is 1.58. The van der Waals surface area contributed by atoms with Crippen molar-refractivity contribution in [2.45, 2.75) is 13.0 Å². The van der Waals surface area contributed by atoms with Crippen LogP contribution in [0.1, 0.15) is 28.9 Å². The lowest BCUT2D eigenvalue weighted by molar-refractivity contribution is 0.0736. The number of phenolic OH excluding ortho intramolecular Hbond substituents is 1. The van der Waals surface area contributed by atoms with Crippen LogP contribution in [0.5, 0.6) is 5.75 Å². The lowest BCUT2D eigenvalue weighted by Gasteiger charge is -2.26. The molecular formula is C16H15BrFNO2. The predicted molar refractivity (Wildman–Crippen MR) is 82.7 cm³/mol. The van der Waals surface area contributed by atoms with Gasteiger partial charge in [-0.1, -0.05) is 24.3 Å². The number of aromatic hydroxyl groups is 1. The third-order valence-corrected chi connectivity index (χ3v) is 4.08. The molecule has 0 aliphatic heterocycles. The molecule has 0 aromatic heterocycles. The quantitative estimate of drug-likeness (QED) is 0.903. The van der Waals surface area contributed by atoms with Crippen molar-refractivity contribution in [2.75, 3.05) is 7.05 Å². The number of carbonyl (C=O) groups excluding carboxylic acids is 1. The molecule has 0 aliphatic carbocycles. The lowest BCUT2D eigenvalue weighted by atomic mass is 10.0. The van der Waals surface area contributed by atoms with Gasteiger partial charge in [0.05, 0.1) is 16.1 Å². The molecule has 1 amide bonds. The van der Waals surface area contributed by atoms with Crippen LogP contribution in [0.2, 0.25) is 0 Å². The van der Waals surface area contributed by atoms with Crippen LogP contribution in [0.25, 0.3) is 0 Å². The number of halogens is 2. The van der Waals surface area contributed by atoms with Crippen molar-refractivity contribution < 1.29 is 14.3 Å². The highest BCUT2D eigenvalue weighted by Gasteiger charge is 2.23. The number of amides is 1. The van der Waals surface area contributed by atoms with Crippen LogP contribution in [0, 0.1) is 5.82 Å². The highest BCUT2D eigenvalue weighted by molar-refractivity contribution is 9.10. The number of para-hydroxylation sites is 1. The van der Waals surface area contributed by atoms with E-state index in [0.717, 1.165) is 0 Å². The second-order valence-electron chi connectivity index (χ2n) is 4.75. The zero-order valence-electron chi connectivity index (χ0n) is 11.7.